The Balaban J connectivity index is 0. The van der Waals surface area contributed by atoms with Crippen LogP contribution in [0.2, 0.25) is 0 Å². The molecule has 0 bridgehead atoms. The van der Waals surface area contributed by atoms with E-state index in [9.17, 15) is 4.79 Å². The number of carbonyl (C=O) groups excluding carboxylic acids is 1. The van der Waals surface area contributed by atoms with Crippen LogP contribution in [0.4, 0.5) is 4.79 Å². The molecule has 0 aromatic carbocycles. The molecule has 0 fully saturated rings. The quantitative estimate of drug-likeness (QED) is 0.476. The molecule has 5 heteroatoms. The first-order valence-electron chi connectivity index (χ1n) is 3.78. The summed E-state index contributed by atoms with van der Waals surface area (Å²) in [5.74, 6) is 9.24. The minimum atomic E-state index is -0.711. The highest BCUT2D eigenvalue weighted by Crippen LogP contribution is 1.66. The second-order valence-corrected chi connectivity index (χ2v) is 1.67. The lowest BCUT2D eigenvalue weighted by Gasteiger charge is -1.89. The molecule has 0 heterocycles. The van der Waals surface area contributed by atoms with Gasteiger partial charge in [0.15, 0.2) is 0 Å². The summed E-state index contributed by atoms with van der Waals surface area (Å²) >= 11 is 0. The average Bonchev–Trinajstić information content (AvgIpc) is 2.13. The highest BCUT2D eigenvalue weighted by atomic mass is 16.5. The van der Waals surface area contributed by atoms with Gasteiger partial charge in [0.05, 0.1) is 6.61 Å². The smallest absolute Gasteiger partial charge is 0.404 e. The van der Waals surface area contributed by atoms with E-state index in [0.29, 0.717) is 6.61 Å². The molecule has 0 aromatic heterocycles. The van der Waals surface area contributed by atoms with Crippen molar-refractivity contribution in [1.82, 2.24) is 0 Å². The standard InChI is InChI=1S/C6H6O2.C3H7NO2/c7-5-3-1-2-4-6-8;1-2-6-3(4)5/h7-8H,5-6H2;2H2,1H3,(H2,4,5). The van der Waals surface area contributed by atoms with Crippen LogP contribution in [0.5, 0.6) is 0 Å². The Labute approximate surface area is 82.9 Å². The molecule has 0 aliphatic rings. The van der Waals surface area contributed by atoms with Crippen LogP contribution in [0.3, 0.4) is 0 Å². The molecule has 0 aliphatic heterocycles. The number of primary amides is 1. The molecule has 1 amide bonds. The van der Waals surface area contributed by atoms with Gasteiger partial charge in [-0.25, -0.2) is 4.79 Å². The number of amides is 1. The monoisotopic (exact) mass is 199 g/mol. The predicted octanol–water partition coefficient (Wildman–Crippen LogP) is -0.921. The minimum absolute atomic E-state index is 0.180. The van der Waals surface area contributed by atoms with Gasteiger partial charge in [-0.1, -0.05) is 11.8 Å². The molecule has 0 saturated heterocycles. The summed E-state index contributed by atoms with van der Waals surface area (Å²) in [6.45, 7) is 1.69. The Hall–Kier alpha value is -1.69. The van der Waals surface area contributed by atoms with Gasteiger partial charge in [-0.2, -0.15) is 0 Å². The van der Waals surface area contributed by atoms with Gasteiger partial charge in [-0.05, 0) is 18.8 Å². The molecule has 0 spiro atoms. The van der Waals surface area contributed by atoms with E-state index in [4.69, 9.17) is 10.2 Å². The number of aliphatic hydroxyl groups is 2. The van der Waals surface area contributed by atoms with Crippen molar-refractivity contribution in [2.45, 2.75) is 6.92 Å². The van der Waals surface area contributed by atoms with Gasteiger partial charge in [-0.3, -0.25) is 0 Å². The van der Waals surface area contributed by atoms with Crippen LogP contribution in [0.25, 0.3) is 0 Å². The van der Waals surface area contributed by atoms with E-state index < -0.39 is 6.09 Å². The van der Waals surface area contributed by atoms with Gasteiger partial charge >= 0.3 is 6.09 Å². The van der Waals surface area contributed by atoms with Gasteiger partial charge in [0, 0.05) is 0 Å². The summed E-state index contributed by atoms with van der Waals surface area (Å²) in [5, 5.41) is 16.1. The SMILES string of the molecule is CCOC(N)=O.OCC#CC#CCO. The van der Waals surface area contributed by atoms with Crippen LogP contribution in [-0.4, -0.2) is 36.1 Å². The third-order valence-corrected chi connectivity index (χ3v) is 0.684. The molecule has 0 aliphatic carbocycles. The van der Waals surface area contributed by atoms with E-state index in [0.717, 1.165) is 0 Å². The second kappa shape index (κ2) is 13.9. The fraction of sp³-hybridized carbons (Fsp3) is 0.444. The zero-order valence-electron chi connectivity index (χ0n) is 7.91. The van der Waals surface area contributed by atoms with Crippen LogP contribution in [0.1, 0.15) is 6.92 Å². The van der Waals surface area contributed by atoms with Crippen molar-refractivity contribution >= 4 is 6.09 Å². The van der Waals surface area contributed by atoms with Gasteiger partial charge in [0.1, 0.15) is 13.2 Å². The van der Waals surface area contributed by atoms with Crippen molar-refractivity contribution in [1.29, 1.82) is 0 Å². The maximum atomic E-state index is 9.60. The highest BCUT2D eigenvalue weighted by Gasteiger charge is 1.82. The van der Waals surface area contributed by atoms with E-state index in [1.54, 1.807) is 6.92 Å². The largest absolute Gasteiger partial charge is 0.450 e. The van der Waals surface area contributed by atoms with Gasteiger partial charge in [0.2, 0.25) is 0 Å². The number of nitrogens with two attached hydrogens (primary N) is 1. The predicted molar refractivity (Wildman–Crippen MR) is 50.9 cm³/mol. The van der Waals surface area contributed by atoms with Crippen LogP contribution in [-0.2, 0) is 4.74 Å². The third-order valence-electron chi connectivity index (χ3n) is 0.684. The summed E-state index contributed by atoms with van der Waals surface area (Å²) in [6, 6.07) is 0. The zero-order valence-corrected chi connectivity index (χ0v) is 7.91. The maximum absolute atomic E-state index is 9.60. The van der Waals surface area contributed by atoms with Crippen molar-refractivity contribution < 1.29 is 19.7 Å². The first-order valence-corrected chi connectivity index (χ1v) is 3.78. The molecule has 0 aromatic rings. The van der Waals surface area contributed by atoms with Crippen molar-refractivity contribution in [3.63, 3.8) is 0 Å². The van der Waals surface area contributed by atoms with Crippen LogP contribution in [0, 0.1) is 23.7 Å². The lowest BCUT2D eigenvalue weighted by atomic mass is 10.5. The molecule has 14 heavy (non-hydrogen) atoms. The van der Waals surface area contributed by atoms with E-state index in [1.165, 1.54) is 0 Å². The topological polar surface area (TPSA) is 92.8 Å². The van der Waals surface area contributed by atoms with Crippen LogP contribution >= 0.6 is 0 Å². The number of hydrogen-bond acceptors (Lipinski definition) is 4. The summed E-state index contributed by atoms with van der Waals surface area (Å²) < 4.78 is 4.18. The van der Waals surface area contributed by atoms with Gasteiger partial charge < -0.3 is 20.7 Å². The molecule has 5 nitrogen and oxygen atoms in total. The average molecular weight is 199 g/mol. The zero-order chi connectivity index (χ0) is 11.2. The Kier molecular flexibility index (Phi) is 14.7. The van der Waals surface area contributed by atoms with Gasteiger partial charge in [-0.15, -0.1) is 0 Å². The second-order valence-electron chi connectivity index (χ2n) is 1.67. The first-order chi connectivity index (χ1) is 6.68. The summed E-state index contributed by atoms with van der Waals surface area (Å²) in [7, 11) is 0. The fourth-order valence-corrected chi connectivity index (χ4v) is 0.310. The van der Waals surface area contributed by atoms with Crippen molar-refractivity contribution in [2.75, 3.05) is 19.8 Å². The Morgan fingerprint density at radius 2 is 1.71 bits per heavy atom. The van der Waals surface area contributed by atoms with Crippen molar-refractivity contribution in [2.24, 2.45) is 5.73 Å². The maximum Gasteiger partial charge on any atom is 0.404 e. The molecule has 4 N–H and O–H groups in total. The number of aliphatic hydroxyl groups excluding tert-OH is 2. The summed E-state index contributed by atoms with van der Waals surface area (Å²) in [6.07, 6.45) is -0.711. The van der Waals surface area contributed by atoms with Crippen LogP contribution in [0.15, 0.2) is 0 Å². The first kappa shape index (κ1) is 14.8. The Bertz CT molecular complexity index is 233. The van der Waals surface area contributed by atoms with Crippen LogP contribution < -0.4 is 5.73 Å². The number of carbonyl (C=O) groups is 1. The highest BCUT2D eigenvalue weighted by molar-refractivity contribution is 5.64. The fourth-order valence-electron chi connectivity index (χ4n) is 0.310. The summed E-state index contributed by atoms with van der Waals surface area (Å²) in [5.41, 5.74) is 4.54. The van der Waals surface area contributed by atoms with E-state index >= 15 is 0 Å². The van der Waals surface area contributed by atoms with E-state index in [2.05, 4.69) is 34.2 Å². The molecule has 78 valence electrons. The molecule has 0 saturated carbocycles. The summed E-state index contributed by atoms with van der Waals surface area (Å²) in [4.78, 5) is 9.60. The Morgan fingerprint density at radius 3 is 1.86 bits per heavy atom. The van der Waals surface area contributed by atoms with Gasteiger partial charge in [0.25, 0.3) is 0 Å². The molecular formula is C9H13NO4. The van der Waals surface area contributed by atoms with E-state index in [1.807, 2.05) is 0 Å². The lowest BCUT2D eigenvalue weighted by Crippen LogP contribution is -2.11. The molecule has 0 radical (unpaired) electrons. The third kappa shape index (κ3) is 22.4. The molecule has 0 atom stereocenters. The van der Waals surface area contributed by atoms with Crippen molar-refractivity contribution in [3.8, 4) is 23.7 Å². The molecule has 0 rings (SSSR count). The Morgan fingerprint density at radius 1 is 1.29 bits per heavy atom. The molecule has 0 unspecified atom stereocenters. The van der Waals surface area contributed by atoms with E-state index in [-0.39, 0.29) is 13.2 Å². The number of ether oxygens (including phenoxy) is 1. The van der Waals surface area contributed by atoms with Crippen molar-refractivity contribution in [3.05, 3.63) is 0 Å². The number of hydrogen-bond donors (Lipinski definition) is 3. The molecular weight excluding hydrogens is 186 g/mol. The minimum Gasteiger partial charge on any atom is -0.450 e. The lowest BCUT2D eigenvalue weighted by molar-refractivity contribution is 0.163. The number of rotatable bonds is 1. The normalized spacial score (nSPS) is 6.50.